The zero-order valence-corrected chi connectivity index (χ0v) is 23.4. The summed E-state index contributed by atoms with van der Waals surface area (Å²) >= 11 is 0. The molecule has 218 valence electrons. The molecule has 6 atom stereocenters. The van der Waals surface area contributed by atoms with Gasteiger partial charge in [0.15, 0.2) is 17.2 Å². The number of rotatable bonds is 9. The van der Waals surface area contributed by atoms with Crippen LogP contribution in [0.1, 0.15) is 90.4 Å². The molecule has 9 nitrogen and oxygen atoms in total. The van der Waals surface area contributed by atoms with Crippen LogP contribution in [-0.4, -0.2) is 71.5 Å². The number of epoxide rings is 1. The van der Waals surface area contributed by atoms with Crippen molar-refractivity contribution in [3.05, 3.63) is 11.1 Å². The molecule has 0 aromatic rings. The van der Waals surface area contributed by atoms with Crippen LogP contribution < -0.4 is 11.1 Å². The summed E-state index contributed by atoms with van der Waals surface area (Å²) in [7, 11) is 0. The van der Waals surface area contributed by atoms with Gasteiger partial charge in [-0.1, -0.05) is 37.7 Å². The summed E-state index contributed by atoms with van der Waals surface area (Å²) in [6, 6.07) is 0. The van der Waals surface area contributed by atoms with Gasteiger partial charge in [-0.2, -0.15) is 0 Å². The molecule has 3 saturated carbocycles. The number of piperidine rings is 1. The smallest absolute Gasteiger partial charge is 0.350 e. The van der Waals surface area contributed by atoms with E-state index in [4.69, 9.17) is 15.2 Å². The van der Waals surface area contributed by atoms with Crippen molar-refractivity contribution in [2.45, 2.75) is 108 Å². The number of esters is 1. The third-order valence-electron chi connectivity index (χ3n) is 10.8. The standard InChI is InChI=1S/C30H46N2O7/c1-19(16-28(10-5-2-6-11-28)21-9-12-32-24(31)15-21)20(18-34)17-29-25(35)22-7-3-4-8-23(22)26(36)30(29,39-29)27(37)38-14-13-33/h21-24,32-34H,2-18,31H2,1H3/p+1. The summed E-state index contributed by atoms with van der Waals surface area (Å²) in [4.78, 5) is 41.1. The SMILES string of the molecule is CC(CC1(C2CC[NH2+]C(N)C2)CCCCC1)=C(CO)CC12OC1(C(=O)OCCO)C(=O)C1CCCCC1C2=O. The number of carbonyl (C=O) groups excluding carboxylic acids is 3. The van der Waals surface area contributed by atoms with Crippen molar-refractivity contribution >= 4 is 17.5 Å². The Labute approximate surface area is 231 Å². The minimum Gasteiger partial charge on any atom is -0.461 e. The molecule has 5 fully saturated rings. The van der Waals surface area contributed by atoms with E-state index in [1.165, 1.54) is 19.3 Å². The van der Waals surface area contributed by atoms with E-state index in [1.54, 1.807) is 0 Å². The predicted octanol–water partition coefficient (Wildman–Crippen LogP) is 1.29. The molecular formula is C30H47N2O7+. The Balaban J connectivity index is 1.46. The number of carbonyl (C=O) groups is 3. The Kier molecular flexibility index (Phi) is 8.38. The average Bonchev–Trinajstić information content (AvgIpc) is 3.65. The van der Waals surface area contributed by atoms with Crippen molar-refractivity contribution in [3.8, 4) is 0 Å². The van der Waals surface area contributed by atoms with Crippen LogP contribution in [0.2, 0.25) is 0 Å². The lowest BCUT2D eigenvalue weighted by molar-refractivity contribution is -0.700. The number of ether oxygens (including phenoxy) is 2. The lowest BCUT2D eigenvalue weighted by Gasteiger charge is -2.46. The summed E-state index contributed by atoms with van der Waals surface area (Å²) < 4.78 is 11.3. The lowest BCUT2D eigenvalue weighted by Crippen LogP contribution is -2.95. The number of quaternary nitrogens is 1. The Morgan fingerprint density at radius 2 is 1.72 bits per heavy atom. The summed E-state index contributed by atoms with van der Waals surface area (Å²) in [6.07, 6.45) is 11.8. The molecule has 3 aliphatic carbocycles. The molecule has 0 spiro atoms. The maximum Gasteiger partial charge on any atom is 0.350 e. The molecule has 39 heavy (non-hydrogen) atoms. The number of aliphatic hydroxyl groups excluding tert-OH is 2. The highest BCUT2D eigenvalue weighted by atomic mass is 16.7. The van der Waals surface area contributed by atoms with Gasteiger partial charge in [-0.3, -0.25) is 15.3 Å². The molecule has 6 unspecified atom stereocenters. The highest BCUT2D eigenvalue weighted by molar-refractivity contribution is 6.23. The Morgan fingerprint density at radius 3 is 2.36 bits per heavy atom. The van der Waals surface area contributed by atoms with Gasteiger partial charge in [-0.05, 0) is 55.9 Å². The number of Topliss-reactive ketones (excluding diaryl/α,β-unsaturated/α-hetero) is 2. The van der Waals surface area contributed by atoms with E-state index in [2.05, 4.69) is 5.32 Å². The normalized spacial score (nSPS) is 38.4. The molecule has 0 amide bonds. The second kappa shape index (κ2) is 11.3. The van der Waals surface area contributed by atoms with Gasteiger partial charge in [0.1, 0.15) is 12.8 Å². The number of ketones is 2. The highest BCUT2D eigenvalue weighted by Crippen LogP contribution is 2.62. The van der Waals surface area contributed by atoms with Crippen LogP contribution in [0, 0.1) is 23.2 Å². The Morgan fingerprint density at radius 1 is 1.03 bits per heavy atom. The Hall–Kier alpha value is -1.65. The average molecular weight is 548 g/mol. The molecule has 0 aromatic heterocycles. The van der Waals surface area contributed by atoms with Crippen molar-refractivity contribution in [3.63, 3.8) is 0 Å². The van der Waals surface area contributed by atoms with E-state index < -0.39 is 29.0 Å². The van der Waals surface area contributed by atoms with E-state index in [0.29, 0.717) is 24.3 Å². The van der Waals surface area contributed by atoms with Crippen molar-refractivity contribution in [2.75, 3.05) is 26.4 Å². The van der Waals surface area contributed by atoms with Gasteiger partial charge in [0.25, 0.3) is 5.60 Å². The Bertz CT molecular complexity index is 1010. The third kappa shape index (κ3) is 4.82. The fourth-order valence-electron chi connectivity index (χ4n) is 8.71. The summed E-state index contributed by atoms with van der Waals surface area (Å²) in [5.41, 5.74) is 4.58. The number of nitrogens with two attached hydrogens (primary N) is 2. The van der Waals surface area contributed by atoms with Crippen LogP contribution in [-0.2, 0) is 23.9 Å². The minimum atomic E-state index is -1.97. The molecule has 0 bridgehead atoms. The molecular weight excluding hydrogens is 500 g/mol. The van der Waals surface area contributed by atoms with Crippen LogP contribution in [0.5, 0.6) is 0 Å². The van der Waals surface area contributed by atoms with Crippen LogP contribution >= 0.6 is 0 Å². The van der Waals surface area contributed by atoms with Gasteiger partial charge in [-0.25, -0.2) is 4.79 Å². The quantitative estimate of drug-likeness (QED) is 0.146. The second-order valence-corrected chi connectivity index (χ2v) is 12.9. The molecule has 2 saturated heterocycles. The first kappa shape index (κ1) is 28.9. The minimum absolute atomic E-state index is 0.0192. The zero-order chi connectivity index (χ0) is 27.8. The van der Waals surface area contributed by atoms with Crippen molar-refractivity contribution in [1.82, 2.24) is 0 Å². The number of hydrogen-bond acceptors (Lipinski definition) is 8. The van der Waals surface area contributed by atoms with E-state index in [1.807, 2.05) is 6.92 Å². The van der Waals surface area contributed by atoms with Crippen molar-refractivity contribution in [2.24, 2.45) is 28.9 Å². The fraction of sp³-hybridized carbons (Fsp3) is 0.833. The maximum absolute atomic E-state index is 14.0. The second-order valence-electron chi connectivity index (χ2n) is 12.9. The molecule has 5 rings (SSSR count). The third-order valence-corrected chi connectivity index (χ3v) is 10.8. The van der Waals surface area contributed by atoms with Crippen LogP contribution in [0.15, 0.2) is 11.1 Å². The predicted molar refractivity (Wildman–Crippen MR) is 142 cm³/mol. The molecule has 2 heterocycles. The van der Waals surface area contributed by atoms with Gasteiger partial charge >= 0.3 is 5.97 Å². The van der Waals surface area contributed by atoms with Gasteiger partial charge in [-0.15, -0.1) is 0 Å². The van der Waals surface area contributed by atoms with Crippen LogP contribution in [0.3, 0.4) is 0 Å². The summed E-state index contributed by atoms with van der Waals surface area (Å²) in [6.45, 7) is 2.15. The first-order chi connectivity index (χ1) is 18.7. The van der Waals surface area contributed by atoms with Crippen LogP contribution in [0.25, 0.3) is 0 Å². The molecule has 6 N–H and O–H groups in total. The molecule has 9 heteroatoms. The first-order valence-corrected chi connectivity index (χ1v) is 15.2. The van der Waals surface area contributed by atoms with E-state index >= 15 is 0 Å². The van der Waals surface area contributed by atoms with Crippen molar-refractivity contribution < 1.29 is 39.4 Å². The maximum atomic E-state index is 14.0. The van der Waals surface area contributed by atoms with Gasteiger partial charge in [0.05, 0.1) is 19.8 Å². The molecule has 0 radical (unpaired) electrons. The zero-order valence-electron chi connectivity index (χ0n) is 23.4. The monoisotopic (exact) mass is 547 g/mol. The van der Waals surface area contributed by atoms with E-state index in [9.17, 15) is 24.6 Å². The van der Waals surface area contributed by atoms with Gasteiger partial charge in [0, 0.05) is 31.1 Å². The van der Waals surface area contributed by atoms with Gasteiger partial charge in [0.2, 0.25) is 0 Å². The largest absolute Gasteiger partial charge is 0.461 e. The number of fused-ring (bicyclic) bond motifs is 2. The summed E-state index contributed by atoms with van der Waals surface area (Å²) in [5.74, 6) is -1.93. The fourth-order valence-corrected chi connectivity index (χ4v) is 8.71. The lowest BCUT2D eigenvalue weighted by atomic mass is 9.59. The van der Waals surface area contributed by atoms with Crippen LogP contribution in [0.4, 0.5) is 0 Å². The molecule has 0 aromatic carbocycles. The molecule has 5 aliphatic rings. The first-order valence-electron chi connectivity index (χ1n) is 15.2. The summed E-state index contributed by atoms with van der Waals surface area (Å²) in [5, 5.41) is 22.0. The molecule has 2 aliphatic heterocycles. The number of aliphatic hydroxyl groups is 2. The number of hydrogen-bond donors (Lipinski definition) is 4. The topological polar surface area (TPSA) is 156 Å². The number of allylic oxidation sites excluding steroid dienone is 1. The van der Waals surface area contributed by atoms with Crippen molar-refractivity contribution in [1.29, 1.82) is 0 Å². The van der Waals surface area contributed by atoms with Gasteiger partial charge < -0.3 is 25.0 Å². The highest BCUT2D eigenvalue weighted by Gasteiger charge is 2.87. The van der Waals surface area contributed by atoms with E-state index in [0.717, 1.165) is 57.1 Å². The van der Waals surface area contributed by atoms with E-state index in [-0.39, 0.29) is 49.4 Å².